The second-order valence-electron chi connectivity index (χ2n) is 5.78. The highest BCUT2D eigenvalue weighted by atomic mass is 35.5. The van der Waals surface area contributed by atoms with Crippen LogP contribution in [0.25, 0.3) is 0 Å². The molecule has 0 fully saturated rings. The minimum absolute atomic E-state index is 0.0339. The molecule has 0 aliphatic rings. The topological polar surface area (TPSA) is 126 Å². The number of halogens is 1. The fourth-order valence-electron chi connectivity index (χ4n) is 2.28. The molecule has 0 radical (unpaired) electrons. The Hall–Kier alpha value is -3.64. The molecule has 28 heavy (non-hydrogen) atoms. The van der Waals surface area contributed by atoms with Crippen molar-refractivity contribution in [1.29, 1.82) is 5.26 Å². The van der Waals surface area contributed by atoms with Gasteiger partial charge < -0.3 is 15.0 Å². The lowest BCUT2D eigenvalue weighted by molar-refractivity contribution is -0.384. The van der Waals surface area contributed by atoms with E-state index in [1.807, 2.05) is 6.07 Å². The molecular weight excluding hydrogens is 388 g/mol. The summed E-state index contributed by atoms with van der Waals surface area (Å²) >= 11 is 5.89. The zero-order valence-corrected chi connectivity index (χ0v) is 15.7. The fourth-order valence-corrected chi connectivity index (χ4v) is 2.50. The van der Waals surface area contributed by atoms with Gasteiger partial charge in [-0.3, -0.25) is 14.9 Å². The molecule has 144 valence electrons. The number of esters is 1. The molecule has 1 amide bonds. The number of hydrogen-bond donors (Lipinski definition) is 1. The highest BCUT2D eigenvalue weighted by molar-refractivity contribution is 6.32. The van der Waals surface area contributed by atoms with Crippen LogP contribution < -0.4 is 10.2 Å². The van der Waals surface area contributed by atoms with Gasteiger partial charge in [-0.15, -0.1) is 0 Å². The van der Waals surface area contributed by atoms with Crippen LogP contribution in [0.5, 0.6) is 0 Å². The highest BCUT2D eigenvalue weighted by Gasteiger charge is 2.20. The molecule has 10 heteroatoms. The maximum absolute atomic E-state index is 12.3. The Morgan fingerprint density at radius 3 is 2.57 bits per heavy atom. The number of benzene rings is 2. The Kier molecular flexibility index (Phi) is 6.52. The summed E-state index contributed by atoms with van der Waals surface area (Å²) in [5.74, 6) is -1.51. The number of nitrogens with zero attached hydrogens (tertiary/aromatic N) is 3. The number of ether oxygens (including phenoxy) is 1. The highest BCUT2D eigenvalue weighted by Crippen LogP contribution is 2.25. The van der Waals surface area contributed by atoms with Crippen molar-refractivity contribution in [2.24, 2.45) is 0 Å². The van der Waals surface area contributed by atoms with Crippen molar-refractivity contribution in [2.75, 3.05) is 30.9 Å². The van der Waals surface area contributed by atoms with Crippen LogP contribution in [0.4, 0.5) is 17.1 Å². The lowest BCUT2D eigenvalue weighted by atomic mass is 10.1. The summed E-state index contributed by atoms with van der Waals surface area (Å²) in [5, 5.41) is 22.4. The summed E-state index contributed by atoms with van der Waals surface area (Å²) in [7, 11) is 3.33. The standard InChI is InChI=1S/C18H15ClN4O5/c1-22(2)16-6-5-13(23(26)27)8-14(16)18(25)28-10-17(24)21-12-4-3-11(9-20)15(19)7-12/h3-8H,10H2,1-2H3,(H,21,24). The Labute approximate surface area is 165 Å². The first-order valence-corrected chi connectivity index (χ1v) is 8.23. The zero-order valence-electron chi connectivity index (χ0n) is 14.9. The van der Waals surface area contributed by atoms with Gasteiger partial charge in [-0.25, -0.2) is 4.79 Å². The first-order valence-electron chi connectivity index (χ1n) is 7.85. The van der Waals surface area contributed by atoms with Crippen LogP contribution in [0.2, 0.25) is 5.02 Å². The van der Waals surface area contributed by atoms with Crippen molar-refractivity contribution in [2.45, 2.75) is 0 Å². The van der Waals surface area contributed by atoms with Crippen molar-refractivity contribution in [3.05, 3.63) is 62.7 Å². The molecular formula is C18H15ClN4O5. The van der Waals surface area contributed by atoms with Gasteiger partial charge in [-0.1, -0.05) is 11.6 Å². The van der Waals surface area contributed by atoms with Gasteiger partial charge in [-0.2, -0.15) is 5.26 Å². The van der Waals surface area contributed by atoms with Gasteiger partial charge in [0.2, 0.25) is 0 Å². The average Bonchev–Trinajstić information content (AvgIpc) is 2.65. The summed E-state index contributed by atoms with van der Waals surface area (Å²) in [6.45, 7) is -0.605. The van der Waals surface area contributed by atoms with Crippen LogP contribution in [0, 0.1) is 21.4 Å². The molecule has 9 nitrogen and oxygen atoms in total. The molecule has 0 spiro atoms. The smallest absolute Gasteiger partial charge is 0.341 e. The molecule has 0 aliphatic carbocycles. The van der Waals surface area contributed by atoms with E-state index in [0.29, 0.717) is 11.4 Å². The van der Waals surface area contributed by atoms with E-state index in [9.17, 15) is 19.7 Å². The van der Waals surface area contributed by atoms with Crippen molar-refractivity contribution in [3.63, 3.8) is 0 Å². The molecule has 0 heterocycles. The number of amides is 1. The number of rotatable bonds is 6. The summed E-state index contributed by atoms with van der Waals surface area (Å²) in [4.78, 5) is 36.2. The normalized spacial score (nSPS) is 9.93. The average molecular weight is 403 g/mol. The van der Waals surface area contributed by atoms with Gasteiger partial charge in [0.1, 0.15) is 6.07 Å². The second-order valence-corrected chi connectivity index (χ2v) is 6.19. The van der Waals surface area contributed by atoms with Gasteiger partial charge in [0.25, 0.3) is 11.6 Å². The van der Waals surface area contributed by atoms with Crippen LogP contribution in [0.1, 0.15) is 15.9 Å². The summed E-state index contributed by atoms with van der Waals surface area (Å²) in [6, 6.07) is 10.00. The molecule has 1 N–H and O–H groups in total. The summed E-state index contributed by atoms with van der Waals surface area (Å²) < 4.78 is 4.98. The third-order valence-corrected chi connectivity index (χ3v) is 3.91. The molecule has 0 saturated carbocycles. The van der Waals surface area contributed by atoms with E-state index in [2.05, 4.69) is 5.32 Å². The minimum atomic E-state index is -0.875. The van der Waals surface area contributed by atoms with Crippen LogP contribution >= 0.6 is 11.6 Å². The van der Waals surface area contributed by atoms with Crippen LogP contribution in [-0.2, 0) is 9.53 Å². The predicted molar refractivity (Wildman–Crippen MR) is 103 cm³/mol. The zero-order chi connectivity index (χ0) is 20.8. The summed E-state index contributed by atoms with van der Waals surface area (Å²) in [6.07, 6.45) is 0. The number of anilines is 2. The molecule has 0 aliphatic heterocycles. The van der Waals surface area contributed by atoms with Crippen LogP contribution in [-0.4, -0.2) is 37.5 Å². The summed E-state index contributed by atoms with van der Waals surface area (Å²) in [5.41, 5.74) is 0.694. The molecule has 2 aromatic rings. The third kappa shape index (κ3) is 4.96. The molecule has 0 unspecified atom stereocenters. The predicted octanol–water partition coefficient (Wildman–Crippen LogP) is 2.98. The van der Waals surface area contributed by atoms with E-state index < -0.39 is 23.4 Å². The SMILES string of the molecule is CN(C)c1ccc([N+](=O)[O-])cc1C(=O)OCC(=O)Nc1ccc(C#N)c(Cl)c1. The maximum atomic E-state index is 12.3. The van der Waals surface area contributed by atoms with Crippen molar-refractivity contribution in [1.82, 2.24) is 0 Å². The van der Waals surface area contributed by atoms with Crippen LogP contribution in [0.15, 0.2) is 36.4 Å². The van der Waals surface area contributed by atoms with Crippen LogP contribution in [0.3, 0.4) is 0 Å². The Morgan fingerprint density at radius 2 is 2.00 bits per heavy atom. The number of carbonyl (C=O) groups is 2. The van der Waals surface area contributed by atoms with E-state index in [0.717, 1.165) is 6.07 Å². The number of hydrogen-bond acceptors (Lipinski definition) is 7. The van der Waals surface area contributed by atoms with Gasteiger partial charge in [0.05, 0.1) is 26.8 Å². The first kappa shape index (κ1) is 20.7. The first-order chi connectivity index (χ1) is 13.2. The van der Waals surface area contributed by atoms with E-state index >= 15 is 0 Å². The van der Waals surface area contributed by atoms with Gasteiger partial charge >= 0.3 is 5.97 Å². The number of non-ortho nitro benzene ring substituents is 1. The van der Waals surface area contributed by atoms with Gasteiger partial charge in [0, 0.05) is 31.9 Å². The molecule has 0 bridgehead atoms. The molecule has 2 rings (SSSR count). The van der Waals surface area contributed by atoms with Gasteiger partial charge in [0.15, 0.2) is 6.61 Å². The molecule has 0 saturated heterocycles. The molecule has 0 aromatic heterocycles. The molecule has 0 atom stereocenters. The van der Waals surface area contributed by atoms with Crippen molar-refractivity contribution in [3.8, 4) is 6.07 Å². The Balaban J connectivity index is 2.08. The van der Waals surface area contributed by atoms with E-state index in [1.165, 1.54) is 30.3 Å². The Morgan fingerprint density at radius 1 is 1.29 bits per heavy atom. The number of nitrogens with one attached hydrogen (secondary N) is 1. The minimum Gasteiger partial charge on any atom is -0.452 e. The quantitative estimate of drug-likeness (QED) is 0.447. The lowest BCUT2D eigenvalue weighted by Gasteiger charge is -2.16. The van der Waals surface area contributed by atoms with Crippen molar-refractivity contribution < 1.29 is 19.2 Å². The monoisotopic (exact) mass is 402 g/mol. The fraction of sp³-hybridized carbons (Fsp3) is 0.167. The lowest BCUT2D eigenvalue weighted by Crippen LogP contribution is -2.22. The van der Waals surface area contributed by atoms with E-state index in [1.54, 1.807) is 19.0 Å². The Bertz CT molecular complexity index is 984. The van der Waals surface area contributed by atoms with Crippen molar-refractivity contribution >= 4 is 40.5 Å². The van der Waals surface area contributed by atoms with Gasteiger partial charge in [-0.05, 0) is 24.3 Å². The van der Waals surface area contributed by atoms with E-state index in [-0.39, 0.29) is 21.8 Å². The number of nitro benzene ring substituents is 1. The third-order valence-electron chi connectivity index (χ3n) is 3.60. The maximum Gasteiger partial charge on any atom is 0.341 e. The largest absolute Gasteiger partial charge is 0.452 e. The molecule has 2 aromatic carbocycles. The second kappa shape index (κ2) is 8.83. The van der Waals surface area contributed by atoms with E-state index in [4.69, 9.17) is 21.6 Å². The number of nitro groups is 1. The number of carbonyl (C=O) groups excluding carboxylic acids is 2. The number of nitriles is 1.